The third-order valence-corrected chi connectivity index (χ3v) is 3.91. The van der Waals surface area contributed by atoms with E-state index < -0.39 is 11.6 Å². The van der Waals surface area contributed by atoms with Crippen molar-refractivity contribution in [3.8, 4) is 6.07 Å². The second-order valence-electron chi connectivity index (χ2n) is 5.29. The predicted molar refractivity (Wildman–Crippen MR) is 77.4 cm³/mol. The highest BCUT2D eigenvalue weighted by molar-refractivity contribution is 5.70. The lowest BCUT2D eigenvalue weighted by atomic mass is 9.95. The molecular weight excluding hydrogens is 270 g/mol. The van der Waals surface area contributed by atoms with E-state index in [2.05, 4.69) is 0 Å². The van der Waals surface area contributed by atoms with Gasteiger partial charge >= 0.3 is 0 Å². The Labute approximate surface area is 122 Å². The molecule has 3 rings (SSSR count). The van der Waals surface area contributed by atoms with Gasteiger partial charge in [-0.1, -0.05) is 18.2 Å². The topological polar surface area (TPSA) is 27.0 Å². The zero-order valence-electron chi connectivity index (χ0n) is 11.6. The maximum Gasteiger partial charge on any atom is 0.151 e. The first-order valence-corrected chi connectivity index (χ1v) is 6.88. The standard InChI is InChI=1S/C17H14F2N2/c1-11-6-7-13-4-2-3-5-16(13)21(11)17-14(18)8-12(10-20)9-15(17)19/h2-5,8-9,11H,6-7H2,1H3. The number of para-hydroxylation sites is 1. The minimum Gasteiger partial charge on any atom is -0.334 e. The SMILES string of the molecule is CC1CCc2ccccc2N1c1c(F)cc(C#N)cc1F. The zero-order valence-corrected chi connectivity index (χ0v) is 11.6. The Morgan fingerprint density at radius 3 is 2.52 bits per heavy atom. The van der Waals surface area contributed by atoms with Gasteiger partial charge in [-0.25, -0.2) is 8.78 Å². The van der Waals surface area contributed by atoms with Crippen LogP contribution in [-0.2, 0) is 6.42 Å². The summed E-state index contributed by atoms with van der Waals surface area (Å²) in [6.07, 6.45) is 1.73. The van der Waals surface area contributed by atoms with Gasteiger partial charge in [0.15, 0.2) is 11.6 Å². The molecule has 21 heavy (non-hydrogen) atoms. The molecule has 0 spiro atoms. The minimum atomic E-state index is -0.699. The first-order valence-electron chi connectivity index (χ1n) is 6.88. The van der Waals surface area contributed by atoms with Crippen molar-refractivity contribution >= 4 is 11.4 Å². The maximum absolute atomic E-state index is 14.3. The summed E-state index contributed by atoms with van der Waals surface area (Å²) in [5.74, 6) is -1.40. The van der Waals surface area contributed by atoms with Gasteiger partial charge in [0, 0.05) is 11.7 Å². The van der Waals surface area contributed by atoms with Crippen molar-refractivity contribution in [3.05, 3.63) is 59.2 Å². The molecule has 0 aromatic heterocycles. The van der Waals surface area contributed by atoms with Crippen molar-refractivity contribution < 1.29 is 8.78 Å². The number of nitriles is 1. The Kier molecular flexibility index (Phi) is 3.34. The number of halogens is 2. The number of hydrogen-bond acceptors (Lipinski definition) is 2. The Bertz CT molecular complexity index is 711. The van der Waals surface area contributed by atoms with E-state index in [-0.39, 0.29) is 17.3 Å². The quantitative estimate of drug-likeness (QED) is 0.780. The molecular formula is C17H14F2N2. The molecule has 1 heterocycles. The predicted octanol–water partition coefficient (Wildman–Crippen LogP) is 4.31. The summed E-state index contributed by atoms with van der Waals surface area (Å²) in [6, 6.07) is 11.6. The Morgan fingerprint density at radius 2 is 1.86 bits per heavy atom. The van der Waals surface area contributed by atoms with Gasteiger partial charge in [0.1, 0.15) is 5.69 Å². The average Bonchev–Trinajstić information content (AvgIpc) is 2.48. The van der Waals surface area contributed by atoms with E-state index in [1.807, 2.05) is 31.2 Å². The number of benzene rings is 2. The Morgan fingerprint density at radius 1 is 1.19 bits per heavy atom. The van der Waals surface area contributed by atoms with Gasteiger partial charge in [-0.05, 0) is 43.5 Å². The lowest BCUT2D eigenvalue weighted by Gasteiger charge is -2.37. The monoisotopic (exact) mass is 284 g/mol. The van der Waals surface area contributed by atoms with Crippen LogP contribution in [-0.4, -0.2) is 6.04 Å². The highest BCUT2D eigenvalue weighted by Gasteiger charge is 2.28. The van der Waals surface area contributed by atoms with Crippen LogP contribution in [0.4, 0.5) is 20.2 Å². The number of nitrogens with zero attached hydrogens (tertiary/aromatic N) is 2. The molecule has 106 valence electrons. The summed E-state index contributed by atoms with van der Waals surface area (Å²) >= 11 is 0. The molecule has 0 aliphatic carbocycles. The second kappa shape index (κ2) is 5.17. The minimum absolute atomic E-state index is 0.00293. The molecule has 4 heteroatoms. The normalized spacial score (nSPS) is 17.2. The highest BCUT2D eigenvalue weighted by atomic mass is 19.1. The van der Waals surface area contributed by atoms with E-state index in [0.29, 0.717) is 0 Å². The van der Waals surface area contributed by atoms with E-state index in [4.69, 9.17) is 5.26 Å². The Hall–Kier alpha value is -2.41. The number of anilines is 2. The van der Waals surface area contributed by atoms with Crippen molar-refractivity contribution in [2.24, 2.45) is 0 Å². The molecule has 0 saturated heterocycles. The van der Waals surface area contributed by atoms with Crippen LogP contribution in [0.1, 0.15) is 24.5 Å². The van der Waals surface area contributed by atoms with Crippen molar-refractivity contribution in [1.29, 1.82) is 5.26 Å². The molecule has 2 aromatic rings. The van der Waals surface area contributed by atoms with Gasteiger partial charge < -0.3 is 4.90 Å². The summed E-state index contributed by atoms with van der Waals surface area (Å²) in [4.78, 5) is 1.70. The van der Waals surface area contributed by atoms with Crippen LogP contribution in [0.5, 0.6) is 0 Å². The second-order valence-corrected chi connectivity index (χ2v) is 5.29. The molecule has 0 radical (unpaired) electrons. The third kappa shape index (κ3) is 2.25. The largest absolute Gasteiger partial charge is 0.334 e. The van der Waals surface area contributed by atoms with Crippen LogP contribution in [0.15, 0.2) is 36.4 Å². The van der Waals surface area contributed by atoms with Gasteiger partial charge in [0.05, 0.1) is 11.6 Å². The highest BCUT2D eigenvalue weighted by Crippen LogP contribution is 2.39. The van der Waals surface area contributed by atoms with Gasteiger partial charge in [-0.3, -0.25) is 0 Å². The summed E-state index contributed by atoms with van der Waals surface area (Å²) in [5.41, 5.74) is 1.83. The first kappa shape index (κ1) is 13.6. The smallest absolute Gasteiger partial charge is 0.151 e. The van der Waals surface area contributed by atoms with Crippen LogP contribution in [0, 0.1) is 23.0 Å². The molecule has 1 unspecified atom stereocenters. The van der Waals surface area contributed by atoms with Gasteiger partial charge in [-0.15, -0.1) is 0 Å². The number of rotatable bonds is 1. The number of fused-ring (bicyclic) bond motifs is 1. The van der Waals surface area contributed by atoms with Crippen molar-refractivity contribution in [2.45, 2.75) is 25.8 Å². The van der Waals surface area contributed by atoms with Crippen molar-refractivity contribution in [3.63, 3.8) is 0 Å². The fraction of sp³-hybridized carbons (Fsp3) is 0.235. The lowest BCUT2D eigenvalue weighted by molar-refractivity contribution is 0.549. The molecule has 1 aliphatic rings. The van der Waals surface area contributed by atoms with E-state index in [9.17, 15) is 8.78 Å². The first-order chi connectivity index (χ1) is 10.1. The Balaban J connectivity index is 2.19. The number of hydrogen-bond donors (Lipinski definition) is 0. The summed E-state index contributed by atoms with van der Waals surface area (Å²) in [6.45, 7) is 1.95. The van der Waals surface area contributed by atoms with Crippen molar-refractivity contribution in [2.75, 3.05) is 4.90 Å². The maximum atomic E-state index is 14.3. The summed E-state index contributed by atoms with van der Waals surface area (Å²) in [7, 11) is 0. The van der Waals surface area contributed by atoms with E-state index in [0.717, 1.165) is 36.2 Å². The van der Waals surface area contributed by atoms with Crippen LogP contribution in [0.25, 0.3) is 0 Å². The zero-order chi connectivity index (χ0) is 15.0. The van der Waals surface area contributed by atoms with Gasteiger partial charge in [-0.2, -0.15) is 5.26 Å². The number of aryl methyl sites for hydroxylation is 1. The molecule has 0 amide bonds. The molecule has 2 aromatic carbocycles. The van der Waals surface area contributed by atoms with Crippen LogP contribution >= 0.6 is 0 Å². The third-order valence-electron chi connectivity index (χ3n) is 3.91. The average molecular weight is 284 g/mol. The van der Waals surface area contributed by atoms with Crippen LogP contribution < -0.4 is 4.90 Å². The van der Waals surface area contributed by atoms with Crippen LogP contribution in [0.2, 0.25) is 0 Å². The fourth-order valence-corrected chi connectivity index (χ4v) is 2.89. The van der Waals surface area contributed by atoms with E-state index in [1.54, 1.807) is 11.0 Å². The van der Waals surface area contributed by atoms with Gasteiger partial charge in [0.25, 0.3) is 0 Å². The molecule has 0 fully saturated rings. The summed E-state index contributed by atoms with van der Waals surface area (Å²) in [5, 5.41) is 8.80. The molecule has 2 nitrogen and oxygen atoms in total. The molecule has 1 aliphatic heterocycles. The van der Waals surface area contributed by atoms with Crippen molar-refractivity contribution in [1.82, 2.24) is 0 Å². The molecule has 0 saturated carbocycles. The molecule has 0 bridgehead atoms. The van der Waals surface area contributed by atoms with Crippen LogP contribution in [0.3, 0.4) is 0 Å². The fourth-order valence-electron chi connectivity index (χ4n) is 2.89. The van der Waals surface area contributed by atoms with Gasteiger partial charge in [0.2, 0.25) is 0 Å². The molecule has 1 atom stereocenters. The lowest BCUT2D eigenvalue weighted by Crippen LogP contribution is -2.34. The summed E-state index contributed by atoms with van der Waals surface area (Å²) < 4.78 is 28.6. The van der Waals surface area contributed by atoms with E-state index in [1.165, 1.54) is 0 Å². The van der Waals surface area contributed by atoms with E-state index >= 15 is 0 Å². The molecule has 0 N–H and O–H groups in total.